The minimum atomic E-state index is 0.458. The predicted octanol–water partition coefficient (Wildman–Crippen LogP) is 7.06. The zero-order valence-electron chi connectivity index (χ0n) is 13.3. The molecule has 3 aromatic carbocycles. The predicted molar refractivity (Wildman–Crippen MR) is 111 cm³/mol. The van der Waals surface area contributed by atoms with E-state index in [0.717, 1.165) is 38.1 Å². The van der Waals surface area contributed by atoms with E-state index in [-0.39, 0.29) is 0 Å². The third-order valence-electron chi connectivity index (χ3n) is 3.60. The Morgan fingerprint density at radius 3 is 2.24 bits per heavy atom. The number of hydrogen-bond donors (Lipinski definition) is 1. The summed E-state index contributed by atoms with van der Waals surface area (Å²) in [7, 11) is 0. The van der Waals surface area contributed by atoms with Crippen molar-refractivity contribution >= 4 is 49.1 Å². The summed E-state index contributed by atoms with van der Waals surface area (Å²) < 4.78 is 7.78. The molecule has 0 radical (unpaired) electrons. The molecule has 0 spiro atoms. The summed E-state index contributed by atoms with van der Waals surface area (Å²) in [6.45, 7) is 1.19. The zero-order valence-corrected chi connectivity index (χ0v) is 17.2. The molecule has 0 saturated carbocycles. The fraction of sp³-hybridized carbons (Fsp3) is 0.100. The molecule has 0 aliphatic carbocycles. The van der Waals surface area contributed by atoms with Crippen LogP contribution in [0.4, 0.5) is 5.69 Å². The van der Waals surface area contributed by atoms with Crippen molar-refractivity contribution in [2.45, 2.75) is 13.2 Å². The number of nitrogens with one attached hydrogen (secondary N) is 1. The van der Waals surface area contributed by atoms with Gasteiger partial charge in [-0.2, -0.15) is 0 Å². The van der Waals surface area contributed by atoms with Gasteiger partial charge in [0.25, 0.3) is 0 Å². The molecule has 0 heterocycles. The van der Waals surface area contributed by atoms with Crippen LogP contribution in [0.3, 0.4) is 0 Å². The van der Waals surface area contributed by atoms with Gasteiger partial charge in [-0.3, -0.25) is 0 Å². The molecule has 0 atom stereocenters. The highest BCUT2D eigenvalue weighted by molar-refractivity contribution is 9.11. The lowest BCUT2D eigenvalue weighted by atomic mass is 10.2. The first-order valence-corrected chi connectivity index (χ1v) is 9.72. The molecular weight excluding hydrogens is 465 g/mol. The van der Waals surface area contributed by atoms with E-state index >= 15 is 0 Å². The molecule has 0 aliphatic heterocycles. The summed E-state index contributed by atoms with van der Waals surface area (Å²) >= 11 is 13.2. The highest BCUT2D eigenvalue weighted by Gasteiger charge is 2.10. The highest BCUT2D eigenvalue weighted by Crippen LogP contribution is 2.35. The van der Waals surface area contributed by atoms with E-state index < -0.39 is 0 Å². The maximum absolute atomic E-state index is 6.01. The van der Waals surface area contributed by atoms with Crippen LogP contribution >= 0.6 is 43.5 Å². The van der Waals surface area contributed by atoms with Gasteiger partial charge in [0, 0.05) is 17.3 Å². The van der Waals surface area contributed by atoms with Crippen LogP contribution in [-0.2, 0) is 13.2 Å². The fourth-order valence-electron chi connectivity index (χ4n) is 2.39. The van der Waals surface area contributed by atoms with Crippen LogP contribution in [0.1, 0.15) is 11.1 Å². The lowest BCUT2D eigenvalue weighted by Crippen LogP contribution is -2.01. The number of hydrogen-bond acceptors (Lipinski definition) is 2. The minimum absolute atomic E-state index is 0.458. The molecule has 5 heteroatoms. The van der Waals surface area contributed by atoms with E-state index in [9.17, 15) is 0 Å². The summed E-state index contributed by atoms with van der Waals surface area (Å²) in [5, 5.41) is 4.11. The number of rotatable bonds is 6. The molecule has 2 nitrogen and oxygen atoms in total. The molecule has 0 aliphatic rings. The van der Waals surface area contributed by atoms with Crippen molar-refractivity contribution in [1.82, 2.24) is 0 Å². The summed E-state index contributed by atoms with van der Waals surface area (Å²) in [6, 6.07) is 21.9. The van der Waals surface area contributed by atoms with Gasteiger partial charge >= 0.3 is 0 Å². The molecule has 0 aromatic heterocycles. The van der Waals surface area contributed by atoms with Crippen molar-refractivity contribution in [3.63, 3.8) is 0 Å². The molecule has 1 N–H and O–H groups in total. The molecule has 0 amide bonds. The van der Waals surface area contributed by atoms with Crippen LogP contribution in [0.15, 0.2) is 75.7 Å². The van der Waals surface area contributed by atoms with E-state index in [2.05, 4.69) is 49.3 Å². The topological polar surface area (TPSA) is 21.3 Å². The standard InChI is InChI=1S/C20H16Br2ClNO/c21-18-10-15(12-24-17-7-2-1-3-8-17)11-19(22)20(18)25-13-14-5-4-6-16(23)9-14/h1-11,24H,12-13H2. The molecule has 128 valence electrons. The second-order valence-electron chi connectivity index (χ2n) is 5.53. The fourth-order valence-corrected chi connectivity index (χ4v) is 4.12. The highest BCUT2D eigenvalue weighted by atomic mass is 79.9. The molecule has 25 heavy (non-hydrogen) atoms. The summed E-state index contributed by atoms with van der Waals surface area (Å²) in [4.78, 5) is 0. The number of para-hydroxylation sites is 1. The van der Waals surface area contributed by atoms with Crippen LogP contribution in [0.2, 0.25) is 5.02 Å². The van der Waals surface area contributed by atoms with Gasteiger partial charge in [0.15, 0.2) is 0 Å². The molecule has 3 aromatic rings. The number of ether oxygens (including phenoxy) is 1. The average molecular weight is 482 g/mol. The smallest absolute Gasteiger partial charge is 0.148 e. The van der Waals surface area contributed by atoms with E-state index in [1.54, 1.807) is 0 Å². The number of anilines is 1. The Morgan fingerprint density at radius 1 is 0.840 bits per heavy atom. The maximum Gasteiger partial charge on any atom is 0.148 e. The zero-order chi connectivity index (χ0) is 17.6. The van der Waals surface area contributed by atoms with E-state index in [4.69, 9.17) is 16.3 Å². The van der Waals surface area contributed by atoms with Crippen molar-refractivity contribution in [2.24, 2.45) is 0 Å². The quantitative estimate of drug-likeness (QED) is 0.407. The molecule has 0 saturated heterocycles. The minimum Gasteiger partial charge on any atom is -0.487 e. The summed E-state index contributed by atoms with van der Waals surface area (Å²) in [5.41, 5.74) is 3.27. The van der Waals surface area contributed by atoms with Crippen molar-refractivity contribution in [1.29, 1.82) is 0 Å². The molecule has 0 unspecified atom stereocenters. The summed E-state index contributed by atoms with van der Waals surface area (Å²) in [6.07, 6.45) is 0. The van der Waals surface area contributed by atoms with Gasteiger partial charge in [-0.1, -0.05) is 41.9 Å². The van der Waals surface area contributed by atoms with Gasteiger partial charge in [0.2, 0.25) is 0 Å². The van der Waals surface area contributed by atoms with Crippen molar-refractivity contribution in [3.05, 3.63) is 91.8 Å². The van der Waals surface area contributed by atoms with Crippen LogP contribution in [0.5, 0.6) is 5.75 Å². The van der Waals surface area contributed by atoms with Crippen molar-refractivity contribution < 1.29 is 4.74 Å². The third kappa shape index (κ3) is 5.24. The van der Waals surface area contributed by atoms with Crippen LogP contribution in [0.25, 0.3) is 0 Å². The Balaban J connectivity index is 1.67. The van der Waals surface area contributed by atoms with E-state index in [0.29, 0.717) is 11.6 Å². The first-order valence-electron chi connectivity index (χ1n) is 7.76. The van der Waals surface area contributed by atoms with Gasteiger partial charge in [0.1, 0.15) is 12.4 Å². The molecule has 0 bridgehead atoms. The van der Waals surface area contributed by atoms with Gasteiger partial charge in [0.05, 0.1) is 8.95 Å². The van der Waals surface area contributed by atoms with E-state index in [1.165, 1.54) is 0 Å². The average Bonchev–Trinajstić information content (AvgIpc) is 2.60. The van der Waals surface area contributed by atoms with Gasteiger partial charge < -0.3 is 10.1 Å². The first-order chi connectivity index (χ1) is 12.1. The van der Waals surface area contributed by atoms with Gasteiger partial charge in [-0.15, -0.1) is 0 Å². The Hall–Kier alpha value is -1.49. The lowest BCUT2D eigenvalue weighted by molar-refractivity contribution is 0.302. The lowest BCUT2D eigenvalue weighted by Gasteiger charge is -2.13. The van der Waals surface area contributed by atoms with Crippen molar-refractivity contribution in [2.75, 3.05) is 5.32 Å². The normalized spacial score (nSPS) is 10.5. The summed E-state index contributed by atoms with van der Waals surface area (Å²) in [5.74, 6) is 0.781. The Bertz CT molecular complexity index is 832. The second kappa shape index (κ2) is 8.75. The van der Waals surface area contributed by atoms with E-state index in [1.807, 2.05) is 54.6 Å². The van der Waals surface area contributed by atoms with Crippen LogP contribution in [-0.4, -0.2) is 0 Å². The van der Waals surface area contributed by atoms with Gasteiger partial charge in [-0.05, 0) is 79.4 Å². The number of benzene rings is 3. The largest absolute Gasteiger partial charge is 0.487 e. The molecular formula is C20H16Br2ClNO. The monoisotopic (exact) mass is 479 g/mol. The third-order valence-corrected chi connectivity index (χ3v) is 5.01. The Labute approximate surface area is 169 Å². The SMILES string of the molecule is Clc1cccc(COc2c(Br)cc(CNc3ccccc3)cc2Br)c1. The Kier molecular flexibility index (Phi) is 6.40. The van der Waals surface area contributed by atoms with Gasteiger partial charge in [-0.25, -0.2) is 0 Å². The maximum atomic E-state index is 6.01. The first kappa shape index (κ1) is 18.3. The molecule has 0 fully saturated rings. The molecule has 3 rings (SSSR count). The van der Waals surface area contributed by atoms with Crippen LogP contribution in [0, 0.1) is 0 Å². The Morgan fingerprint density at radius 2 is 1.56 bits per heavy atom. The van der Waals surface area contributed by atoms with Crippen LogP contribution < -0.4 is 10.1 Å². The van der Waals surface area contributed by atoms with Crippen molar-refractivity contribution in [3.8, 4) is 5.75 Å². The number of halogens is 3. The second-order valence-corrected chi connectivity index (χ2v) is 7.67.